The van der Waals surface area contributed by atoms with Gasteiger partial charge in [-0.25, -0.2) is 0 Å². The van der Waals surface area contributed by atoms with E-state index < -0.39 is 0 Å². The van der Waals surface area contributed by atoms with Crippen LogP contribution in [0.15, 0.2) is 5.38 Å². The summed E-state index contributed by atoms with van der Waals surface area (Å²) in [6.45, 7) is 4.37. The van der Waals surface area contributed by atoms with Crippen LogP contribution in [0.1, 0.15) is 59.3 Å². The summed E-state index contributed by atoms with van der Waals surface area (Å²) in [6.07, 6.45) is 9.95. The molecular formula is C18H26N2OS. The summed E-state index contributed by atoms with van der Waals surface area (Å²) in [4.78, 5) is 19.2. The number of amides is 1. The van der Waals surface area contributed by atoms with Crippen molar-refractivity contribution in [2.45, 2.75) is 57.4 Å². The lowest BCUT2D eigenvalue weighted by molar-refractivity contribution is 0.0607. The Labute approximate surface area is 137 Å². The van der Waals surface area contributed by atoms with Crippen molar-refractivity contribution >= 4 is 17.2 Å². The second-order valence-corrected chi connectivity index (χ2v) is 8.01. The van der Waals surface area contributed by atoms with Crippen LogP contribution in [0.2, 0.25) is 0 Å². The van der Waals surface area contributed by atoms with Crippen LogP contribution in [0.25, 0.3) is 0 Å². The van der Waals surface area contributed by atoms with Gasteiger partial charge in [0.05, 0.1) is 5.56 Å². The summed E-state index contributed by atoms with van der Waals surface area (Å²) in [6, 6.07) is 0.606. The van der Waals surface area contributed by atoms with E-state index in [-0.39, 0.29) is 0 Å². The van der Waals surface area contributed by atoms with Gasteiger partial charge in [0.2, 0.25) is 0 Å². The summed E-state index contributed by atoms with van der Waals surface area (Å²) >= 11 is 1.81. The van der Waals surface area contributed by atoms with Gasteiger partial charge in [0.15, 0.2) is 0 Å². The first kappa shape index (κ1) is 14.7. The molecule has 0 spiro atoms. The number of piperidine rings is 1. The Balaban J connectivity index is 1.48. The first-order chi connectivity index (χ1) is 10.8. The summed E-state index contributed by atoms with van der Waals surface area (Å²) in [5.74, 6) is 0.309. The zero-order valence-electron chi connectivity index (χ0n) is 13.4. The fraction of sp³-hybridized carbons (Fsp3) is 0.722. The molecular weight excluding hydrogens is 292 g/mol. The molecule has 1 amide bonds. The molecule has 3 heterocycles. The molecule has 2 fully saturated rings. The average Bonchev–Trinajstić information content (AvgIpc) is 3.24. The molecule has 0 N–H and O–H groups in total. The maximum atomic E-state index is 13.0. The van der Waals surface area contributed by atoms with Crippen molar-refractivity contribution in [1.82, 2.24) is 9.80 Å². The van der Waals surface area contributed by atoms with Crippen molar-refractivity contribution in [3.05, 3.63) is 21.4 Å². The van der Waals surface area contributed by atoms with Gasteiger partial charge in [0.1, 0.15) is 0 Å². The molecule has 1 aromatic heterocycles. The first-order valence-electron chi connectivity index (χ1n) is 8.95. The van der Waals surface area contributed by atoms with Crippen LogP contribution in [0.3, 0.4) is 0 Å². The van der Waals surface area contributed by atoms with Gasteiger partial charge in [-0.2, -0.15) is 0 Å². The van der Waals surface area contributed by atoms with Crippen LogP contribution in [0, 0.1) is 0 Å². The lowest BCUT2D eigenvalue weighted by atomic mass is 9.95. The number of likely N-dealkylation sites (tertiary alicyclic amines) is 2. The van der Waals surface area contributed by atoms with Gasteiger partial charge in [-0.1, -0.05) is 0 Å². The number of carbonyl (C=O) groups excluding carboxylic acids is 1. The molecule has 22 heavy (non-hydrogen) atoms. The third-order valence-corrected chi connectivity index (χ3v) is 6.72. The molecule has 1 atom stereocenters. The van der Waals surface area contributed by atoms with Gasteiger partial charge < -0.3 is 4.90 Å². The zero-order chi connectivity index (χ0) is 14.9. The molecule has 2 aliphatic heterocycles. The number of hydrogen-bond donors (Lipinski definition) is 0. The summed E-state index contributed by atoms with van der Waals surface area (Å²) < 4.78 is 0. The predicted molar refractivity (Wildman–Crippen MR) is 90.7 cm³/mol. The lowest BCUT2D eigenvalue weighted by Gasteiger charge is -2.37. The molecule has 1 unspecified atom stereocenters. The molecule has 4 heteroatoms. The fourth-order valence-corrected chi connectivity index (χ4v) is 5.51. The summed E-state index contributed by atoms with van der Waals surface area (Å²) in [5.41, 5.74) is 2.41. The highest BCUT2D eigenvalue weighted by atomic mass is 32.1. The largest absolute Gasteiger partial charge is 0.337 e. The summed E-state index contributed by atoms with van der Waals surface area (Å²) in [5, 5.41) is 2.14. The second kappa shape index (κ2) is 6.32. The fourth-order valence-electron chi connectivity index (χ4n) is 4.39. The average molecular weight is 318 g/mol. The van der Waals surface area contributed by atoms with E-state index >= 15 is 0 Å². The highest BCUT2D eigenvalue weighted by Gasteiger charge is 2.31. The SMILES string of the molecule is O=C(c1csc2c1CCCC2)N1CCCC(N2CCCC2)C1. The molecule has 0 saturated carbocycles. The standard InChI is InChI=1S/C18H26N2OS/c21-18(16-13-22-17-8-2-1-7-15(16)17)20-11-5-6-14(12-20)19-9-3-4-10-19/h13-14H,1-12H2. The Morgan fingerprint density at radius 1 is 1.05 bits per heavy atom. The van der Waals surface area contributed by atoms with Crippen LogP contribution in [0.4, 0.5) is 0 Å². The Bertz CT molecular complexity index is 547. The van der Waals surface area contributed by atoms with Crippen molar-refractivity contribution in [2.24, 2.45) is 0 Å². The number of rotatable bonds is 2. The highest BCUT2D eigenvalue weighted by Crippen LogP contribution is 2.31. The number of thiophene rings is 1. The summed E-state index contributed by atoms with van der Waals surface area (Å²) in [7, 11) is 0. The molecule has 0 aromatic carbocycles. The molecule has 1 aliphatic carbocycles. The smallest absolute Gasteiger partial charge is 0.255 e. The van der Waals surface area contributed by atoms with Crippen LogP contribution < -0.4 is 0 Å². The maximum Gasteiger partial charge on any atom is 0.255 e. The van der Waals surface area contributed by atoms with E-state index in [0.717, 1.165) is 25.1 Å². The molecule has 3 aliphatic rings. The Kier molecular flexibility index (Phi) is 4.23. The van der Waals surface area contributed by atoms with Gasteiger partial charge in [-0.15, -0.1) is 11.3 Å². The van der Waals surface area contributed by atoms with E-state index in [0.29, 0.717) is 11.9 Å². The van der Waals surface area contributed by atoms with Crippen molar-refractivity contribution in [3.63, 3.8) is 0 Å². The van der Waals surface area contributed by atoms with Crippen LogP contribution >= 0.6 is 11.3 Å². The van der Waals surface area contributed by atoms with Gasteiger partial charge >= 0.3 is 0 Å². The first-order valence-corrected chi connectivity index (χ1v) is 9.83. The molecule has 3 nitrogen and oxygen atoms in total. The van der Waals surface area contributed by atoms with Gasteiger partial charge in [0, 0.05) is 29.4 Å². The van der Waals surface area contributed by atoms with E-state index in [2.05, 4.69) is 15.2 Å². The topological polar surface area (TPSA) is 23.6 Å². The van der Waals surface area contributed by atoms with E-state index in [9.17, 15) is 4.79 Å². The van der Waals surface area contributed by atoms with Crippen LogP contribution in [0.5, 0.6) is 0 Å². The minimum atomic E-state index is 0.309. The quantitative estimate of drug-likeness (QED) is 0.835. The number of aryl methyl sites for hydroxylation is 1. The van der Waals surface area contributed by atoms with Gasteiger partial charge in [-0.3, -0.25) is 9.69 Å². The van der Waals surface area contributed by atoms with Crippen molar-refractivity contribution < 1.29 is 4.79 Å². The number of nitrogens with zero attached hydrogens (tertiary/aromatic N) is 2. The van der Waals surface area contributed by atoms with Crippen LogP contribution in [-0.2, 0) is 12.8 Å². The van der Waals surface area contributed by atoms with Crippen molar-refractivity contribution in [2.75, 3.05) is 26.2 Å². The van der Waals surface area contributed by atoms with E-state index in [1.807, 2.05) is 11.3 Å². The monoisotopic (exact) mass is 318 g/mol. The van der Waals surface area contributed by atoms with Gasteiger partial charge in [-0.05, 0) is 70.0 Å². The highest BCUT2D eigenvalue weighted by molar-refractivity contribution is 7.10. The molecule has 2 saturated heterocycles. The van der Waals surface area contributed by atoms with Crippen molar-refractivity contribution in [1.29, 1.82) is 0 Å². The molecule has 4 rings (SSSR count). The minimum Gasteiger partial charge on any atom is -0.337 e. The Morgan fingerprint density at radius 3 is 2.73 bits per heavy atom. The maximum absolute atomic E-state index is 13.0. The predicted octanol–water partition coefficient (Wildman–Crippen LogP) is 3.33. The Hall–Kier alpha value is -0.870. The molecule has 0 radical (unpaired) electrons. The molecule has 0 bridgehead atoms. The van der Waals surface area contributed by atoms with Crippen LogP contribution in [-0.4, -0.2) is 47.9 Å². The van der Waals surface area contributed by atoms with E-state index in [1.165, 1.54) is 68.5 Å². The zero-order valence-corrected chi connectivity index (χ0v) is 14.2. The van der Waals surface area contributed by atoms with E-state index in [1.54, 1.807) is 0 Å². The normalized spacial score (nSPS) is 26.2. The molecule has 120 valence electrons. The Morgan fingerprint density at radius 2 is 1.86 bits per heavy atom. The third kappa shape index (κ3) is 2.71. The number of fused-ring (bicyclic) bond motifs is 1. The van der Waals surface area contributed by atoms with Crippen molar-refractivity contribution in [3.8, 4) is 0 Å². The van der Waals surface area contributed by atoms with E-state index in [4.69, 9.17) is 0 Å². The third-order valence-electron chi connectivity index (χ3n) is 5.63. The number of hydrogen-bond acceptors (Lipinski definition) is 3. The minimum absolute atomic E-state index is 0.309. The lowest BCUT2D eigenvalue weighted by Crippen LogP contribution is -2.49. The van der Waals surface area contributed by atoms with Gasteiger partial charge in [0.25, 0.3) is 5.91 Å². The number of carbonyl (C=O) groups is 1. The second-order valence-electron chi connectivity index (χ2n) is 7.05. The molecule has 1 aromatic rings.